The minimum absolute atomic E-state index is 0.919. The van der Waals surface area contributed by atoms with Gasteiger partial charge in [0.1, 0.15) is 0 Å². The Bertz CT molecular complexity index is 242. The van der Waals surface area contributed by atoms with Crippen LogP contribution in [-0.4, -0.2) is 15.0 Å². The first-order chi connectivity index (χ1) is 6.86. The van der Waals surface area contributed by atoms with Gasteiger partial charge in [-0.3, -0.25) is 4.68 Å². The summed E-state index contributed by atoms with van der Waals surface area (Å²) in [5.41, 5.74) is 1.14. The monoisotopic (exact) mass is 195 g/mol. The summed E-state index contributed by atoms with van der Waals surface area (Å²) in [5.74, 6) is 0. The van der Waals surface area contributed by atoms with Gasteiger partial charge in [0.15, 0.2) is 0 Å². The molecular formula is C11H21N3. The molecule has 0 saturated heterocycles. The van der Waals surface area contributed by atoms with Crippen LogP contribution >= 0.6 is 0 Å². The fourth-order valence-corrected chi connectivity index (χ4v) is 1.52. The van der Waals surface area contributed by atoms with Gasteiger partial charge in [0.05, 0.1) is 5.69 Å². The van der Waals surface area contributed by atoms with Crippen LogP contribution in [0.5, 0.6) is 0 Å². The van der Waals surface area contributed by atoms with Gasteiger partial charge in [0.25, 0.3) is 0 Å². The molecule has 0 bridgehead atoms. The standard InChI is InChI=1S/C11H21N3/c1-3-5-6-7-8-9-11-10-14(4-2)13-12-11/h10H,3-9H2,1-2H3. The highest BCUT2D eigenvalue weighted by Crippen LogP contribution is 2.06. The van der Waals surface area contributed by atoms with Crippen LogP contribution in [0, 0.1) is 0 Å². The number of aromatic nitrogens is 3. The third kappa shape index (κ3) is 3.90. The summed E-state index contributed by atoms with van der Waals surface area (Å²) < 4.78 is 1.89. The number of hydrogen-bond donors (Lipinski definition) is 0. The van der Waals surface area contributed by atoms with E-state index in [-0.39, 0.29) is 0 Å². The van der Waals surface area contributed by atoms with Crippen molar-refractivity contribution in [2.75, 3.05) is 0 Å². The molecule has 0 aliphatic rings. The SMILES string of the molecule is CCCCCCCc1cn(CC)nn1. The zero-order valence-electron chi connectivity index (χ0n) is 9.37. The lowest BCUT2D eigenvalue weighted by Crippen LogP contribution is -1.93. The van der Waals surface area contributed by atoms with Crippen molar-refractivity contribution < 1.29 is 0 Å². The lowest BCUT2D eigenvalue weighted by molar-refractivity contribution is 0.622. The summed E-state index contributed by atoms with van der Waals surface area (Å²) in [7, 11) is 0. The highest BCUT2D eigenvalue weighted by Gasteiger charge is 1.98. The van der Waals surface area contributed by atoms with Crippen LogP contribution in [0.15, 0.2) is 6.20 Å². The van der Waals surface area contributed by atoms with Gasteiger partial charge in [-0.1, -0.05) is 37.8 Å². The fraction of sp³-hybridized carbons (Fsp3) is 0.818. The fourth-order valence-electron chi connectivity index (χ4n) is 1.52. The van der Waals surface area contributed by atoms with Gasteiger partial charge in [-0.05, 0) is 19.8 Å². The van der Waals surface area contributed by atoms with Crippen molar-refractivity contribution in [3.8, 4) is 0 Å². The molecule has 0 N–H and O–H groups in total. The molecule has 3 heteroatoms. The summed E-state index contributed by atoms with van der Waals surface area (Å²) >= 11 is 0. The van der Waals surface area contributed by atoms with Crippen molar-refractivity contribution in [3.63, 3.8) is 0 Å². The van der Waals surface area contributed by atoms with E-state index < -0.39 is 0 Å². The molecule has 0 radical (unpaired) electrons. The summed E-state index contributed by atoms with van der Waals surface area (Å²) in [6.07, 6.45) is 9.75. The maximum absolute atomic E-state index is 4.12. The quantitative estimate of drug-likeness (QED) is 0.626. The van der Waals surface area contributed by atoms with E-state index >= 15 is 0 Å². The predicted molar refractivity (Wildman–Crippen MR) is 58.2 cm³/mol. The number of aryl methyl sites for hydroxylation is 2. The molecular weight excluding hydrogens is 174 g/mol. The van der Waals surface area contributed by atoms with Gasteiger partial charge in [-0.15, -0.1) is 5.10 Å². The lowest BCUT2D eigenvalue weighted by Gasteiger charge is -1.96. The molecule has 0 amide bonds. The molecule has 0 aromatic carbocycles. The van der Waals surface area contributed by atoms with Crippen molar-refractivity contribution in [2.45, 2.75) is 58.9 Å². The second kappa shape index (κ2) is 6.57. The van der Waals surface area contributed by atoms with Gasteiger partial charge in [0, 0.05) is 12.7 Å². The predicted octanol–water partition coefficient (Wildman–Crippen LogP) is 2.81. The topological polar surface area (TPSA) is 30.7 Å². The van der Waals surface area contributed by atoms with Crippen molar-refractivity contribution in [2.24, 2.45) is 0 Å². The first-order valence-corrected chi connectivity index (χ1v) is 5.75. The first-order valence-electron chi connectivity index (χ1n) is 5.75. The maximum atomic E-state index is 4.12. The van der Waals surface area contributed by atoms with E-state index in [1.54, 1.807) is 0 Å². The van der Waals surface area contributed by atoms with E-state index in [1.807, 2.05) is 4.68 Å². The average molecular weight is 195 g/mol. The molecule has 14 heavy (non-hydrogen) atoms. The molecule has 0 unspecified atom stereocenters. The Hall–Kier alpha value is -0.860. The van der Waals surface area contributed by atoms with Crippen LogP contribution in [0.4, 0.5) is 0 Å². The summed E-state index contributed by atoms with van der Waals surface area (Å²) in [5, 5.41) is 8.13. The Kier molecular flexibility index (Phi) is 5.27. The number of unbranched alkanes of at least 4 members (excludes halogenated alkanes) is 4. The molecule has 0 atom stereocenters. The normalized spacial score (nSPS) is 10.7. The van der Waals surface area contributed by atoms with Gasteiger partial charge in [0.2, 0.25) is 0 Å². The number of rotatable bonds is 7. The minimum Gasteiger partial charge on any atom is -0.253 e. The zero-order valence-corrected chi connectivity index (χ0v) is 9.37. The molecule has 0 saturated carbocycles. The van der Waals surface area contributed by atoms with E-state index in [4.69, 9.17) is 0 Å². The zero-order chi connectivity index (χ0) is 10.2. The lowest BCUT2D eigenvalue weighted by atomic mass is 10.1. The molecule has 1 rings (SSSR count). The summed E-state index contributed by atoms with van der Waals surface area (Å²) in [6, 6.07) is 0. The molecule has 0 fully saturated rings. The Morgan fingerprint density at radius 1 is 1.14 bits per heavy atom. The molecule has 0 aliphatic heterocycles. The third-order valence-electron chi connectivity index (χ3n) is 2.45. The molecule has 0 aliphatic carbocycles. The highest BCUT2D eigenvalue weighted by atomic mass is 15.4. The van der Waals surface area contributed by atoms with Crippen molar-refractivity contribution >= 4 is 0 Å². The van der Waals surface area contributed by atoms with Gasteiger partial charge in [-0.2, -0.15) is 0 Å². The van der Waals surface area contributed by atoms with Gasteiger partial charge < -0.3 is 0 Å². The molecule has 3 nitrogen and oxygen atoms in total. The summed E-state index contributed by atoms with van der Waals surface area (Å²) in [4.78, 5) is 0. The Morgan fingerprint density at radius 2 is 1.93 bits per heavy atom. The highest BCUT2D eigenvalue weighted by molar-refractivity contribution is 4.91. The van der Waals surface area contributed by atoms with E-state index in [2.05, 4.69) is 30.4 Å². The number of hydrogen-bond acceptors (Lipinski definition) is 2. The summed E-state index contributed by atoms with van der Waals surface area (Å²) in [6.45, 7) is 5.25. The van der Waals surface area contributed by atoms with Crippen LogP contribution in [0.2, 0.25) is 0 Å². The first kappa shape index (κ1) is 11.2. The van der Waals surface area contributed by atoms with Crippen LogP contribution in [-0.2, 0) is 13.0 Å². The van der Waals surface area contributed by atoms with E-state index in [0.29, 0.717) is 0 Å². The Labute approximate surface area is 86.5 Å². The second-order valence-corrected chi connectivity index (χ2v) is 3.73. The Balaban J connectivity index is 2.12. The van der Waals surface area contributed by atoms with Crippen LogP contribution < -0.4 is 0 Å². The van der Waals surface area contributed by atoms with E-state index in [9.17, 15) is 0 Å². The minimum atomic E-state index is 0.919. The molecule has 0 spiro atoms. The molecule has 1 aromatic heterocycles. The number of nitrogens with zero attached hydrogens (tertiary/aromatic N) is 3. The van der Waals surface area contributed by atoms with Crippen LogP contribution in [0.25, 0.3) is 0 Å². The maximum Gasteiger partial charge on any atom is 0.0827 e. The Morgan fingerprint density at radius 3 is 2.57 bits per heavy atom. The molecule has 80 valence electrons. The van der Waals surface area contributed by atoms with Crippen LogP contribution in [0.1, 0.15) is 51.6 Å². The largest absolute Gasteiger partial charge is 0.253 e. The van der Waals surface area contributed by atoms with Gasteiger partial charge >= 0.3 is 0 Å². The van der Waals surface area contributed by atoms with Gasteiger partial charge in [-0.25, -0.2) is 0 Å². The third-order valence-corrected chi connectivity index (χ3v) is 2.45. The smallest absolute Gasteiger partial charge is 0.0827 e. The average Bonchev–Trinajstić information content (AvgIpc) is 2.65. The van der Waals surface area contributed by atoms with Crippen LogP contribution in [0.3, 0.4) is 0 Å². The van der Waals surface area contributed by atoms with Crippen molar-refractivity contribution in [1.29, 1.82) is 0 Å². The van der Waals surface area contributed by atoms with Crippen molar-refractivity contribution in [1.82, 2.24) is 15.0 Å². The van der Waals surface area contributed by atoms with E-state index in [1.165, 1.54) is 32.1 Å². The van der Waals surface area contributed by atoms with E-state index in [0.717, 1.165) is 18.7 Å². The second-order valence-electron chi connectivity index (χ2n) is 3.73. The molecule has 1 heterocycles. The van der Waals surface area contributed by atoms with Crippen molar-refractivity contribution in [3.05, 3.63) is 11.9 Å². The molecule has 1 aromatic rings.